The molecule has 0 unspecified atom stereocenters. The molecule has 2 heterocycles. The summed E-state index contributed by atoms with van der Waals surface area (Å²) in [5, 5.41) is 9.69. The Balaban J connectivity index is 1.78. The van der Waals surface area contributed by atoms with Crippen LogP contribution in [0.5, 0.6) is 0 Å². The molecule has 110 valence electrons. The number of carbonyl (C=O) groups excluding carboxylic acids is 2. The first-order valence-electron chi connectivity index (χ1n) is 6.72. The highest BCUT2D eigenvalue weighted by Gasteiger charge is 2.17. The third kappa shape index (κ3) is 4.00. The highest BCUT2D eigenvalue weighted by atomic mass is 32.2. The summed E-state index contributed by atoms with van der Waals surface area (Å²) in [6.45, 7) is 1.83. The second-order valence-electron chi connectivity index (χ2n) is 4.93. The number of nitrogens with one attached hydrogen (secondary N) is 2. The summed E-state index contributed by atoms with van der Waals surface area (Å²) in [4.78, 5) is 23.7. The predicted molar refractivity (Wildman–Crippen MR) is 78.8 cm³/mol. The zero-order valence-electron chi connectivity index (χ0n) is 11.8. The zero-order chi connectivity index (χ0) is 14.5. The quantitative estimate of drug-likeness (QED) is 0.847. The number of nitrogens with zero attached hydrogens (tertiary/aromatic N) is 2. The molecule has 2 amide bonds. The molecule has 1 aliphatic rings. The molecule has 2 N–H and O–H groups in total. The Labute approximate surface area is 122 Å². The van der Waals surface area contributed by atoms with E-state index in [-0.39, 0.29) is 24.4 Å². The average molecular weight is 296 g/mol. The van der Waals surface area contributed by atoms with Crippen LogP contribution in [0.25, 0.3) is 0 Å². The molecule has 1 aliphatic heterocycles. The molecule has 0 spiro atoms. The summed E-state index contributed by atoms with van der Waals surface area (Å²) in [7, 11) is 1.71. The fourth-order valence-electron chi connectivity index (χ4n) is 2.19. The van der Waals surface area contributed by atoms with E-state index in [0.717, 1.165) is 30.0 Å². The van der Waals surface area contributed by atoms with Crippen LogP contribution in [-0.4, -0.2) is 45.7 Å². The van der Waals surface area contributed by atoms with E-state index in [1.165, 1.54) is 4.68 Å². The lowest BCUT2D eigenvalue weighted by Crippen LogP contribution is -2.43. The molecule has 0 saturated carbocycles. The van der Waals surface area contributed by atoms with Crippen LogP contribution in [0.1, 0.15) is 29.0 Å². The molecule has 7 heteroatoms. The van der Waals surface area contributed by atoms with Crippen LogP contribution in [0.15, 0.2) is 6.07 Å². The first-order chi connectivity index (χ1) is 9.56. The minimum Gasteiger partial charge on any atom is -0.352 e. The van der Waals surface area contributed by atoms with Gasteiger partial charge in [0.15, 0.2) is 0 Å². The molecule has 1 saturated heterocycles. The minimum absolute atomic E-state index is 0.00665. The van der Waals surface area contributed by atoms with Crippen LogP contribution in [0.4, 0.5) is 0 Å². The highest BCUT2D eigenvalue weighted by Crippen LogP contribution is 2.16. The number of hydrogen-bond donors (Lipinski definition) is 2. The first kappa shape index (κ1) is 14.9. The van der Waals surface area contributed by atoms with Gasteiger partial charge >= 0.3 is 0 Å². The third-order valence-corrected chi connectivity index (χ3v) is 4.28. The second-order valence-corrected chi connectivity index (χ2v) is 6.16. The van der Waals surface area contributed by atoms with Crippen LogP contribution in [0, 0.1) is 6.92 Å². The van der Waals surface area contributed by atoms with Gasteiger partial charge in [0, 0.05) is 13.1 Å². The van der Waals surface area contributed by atoms with Gasteiger partial charge in [0.05, 0.1) is 12.2 Å². The Bertz CT molecular complexity index is 495. The highest BCUT2D eigenvalue weighted by molar-refractivity contribution is 7.99. The van der Waals surface area contributed by atoms with Crippen LogP contribution in [-0.2, 0) is 11.8 Å². The number of aromatic nitrogens is 2. The SMILES string of the molecule is Cc1cc(C(=O)NCC(=O)NC2CCSCC2)n(C)n1. The van der Waals surface area contributed by atoms with Crippen molar-refractivity contribution in [2.75, 3.05) is 18.1 Å². The van der Waals surface area contributed by atoms with Gasteiger partial charge in [-0.25, -0.2) is 0 Å². The summed E-state index contributed by atoms with van der Waals surface area (Å²) < 4.78 is 1.51. The number of aryl methyl sites for hydroxylation is 2. The van der Waals surface area contributed by atoms with Gasteiger partial charge in [-0.3, -0.25) is 14.3 Å². The smallest absolute Gasteiger partial charge is 0.269 e. The molecule has 1 aromatic heterocycles. The standard InChI is InChI=1S/C13H20N4O2S/c1-9-7-11(17(2)16-9)13(19)14-8-12(18)15-10-3-5-20-6-4-10/h7,10H,3-6,8H2,1-2H3,(H,14,19)(H,15,18). The van der Waals surface area contributed by atoms with Gasteiger partial charge < -0.3 is 10.6 Å². The molecule has 1 fully saturated rings. The fraction of sp³-hybridized carbons (Fsp3) is 0.615. The number of hydrogen-bond acceptors (Lipinski definition) is 4. The van der Waals surface area contributed by atoms with Crippen LogP contribution < -0.4 is 10.6 Å². The minimum atomic E-state index is -0.276. The molecular weight excluding hydrogens is 276 g/mol. The van der Waals surface area contributed by atoms with E-state index in [2.05, 4.69) is 15.7 Å². The third-order valence-electron chi connectivity index (χ3n) is 3.23. The van der Waals surface area contributed by atoms with E-state index in [9.17, 15) is 9.59 Å². The Morgan fingerprint density at radius 1 is 1.45 bits per heavy atom. The maximum Gasteiger partial charge on any atom is 0.269 e. The summed E-state index contributed by atoms with van der Waals surface area (Å²) in [6.07, 6.45) is 2.01. The van der Waals surface area contributed by atoms with Crippen molar-refractivity contribution in [2.45, 2.75) is 25.8 Å². The maximum absolute atomic E-state index is 11.9. The van der Waals surface area contributed by atoms with Crippen molar-refractivity contribution in [2.24, 2.45) is 7.05 Å². The molecule has 6 nitrogen and oxygen atoms in total. The topological polar surface area (TPSA) is 76.0 Å². The average Bonchev–Trinajstić information content (AvgIpc) is 2.76. The molecular formula is C13H20N4O2S. The van der Waals surface area contributed by atoms with Gasteiger partial charge in [0.25, 0.3) is 5.91 Å². The molecule has 0 radical (unpaired) electrons. The van der Waals surface area contributed by atoms with Crippen molar-refractivity contribution < 1.29 is 9.59 Å². The summed E-state index contributed by atoms with van der Waals surface area (Å²) in [5.74, 6) is 1.77. The van der Waals surface area contributed by atoms with Gasteiger partial charge in [-0.2, -0.15) is 16.9 Å². The van der Waals surface area contributed by atoms with Crippen LogP contribution in [0.3, 0.4) is 0 Å². The molecule has 0 aliphatic carbocycles. The van der Waals surface area contributed by atoms with Crippen molar-refractivity contribution in [3.63, 3.8) is 0 Å². The van der Waals surface area contributed by atoms with Crippen molar-refractivity contribution >= 4 is 23.6 Å². The first-order valence-corrected chi connectivity index (χ1v) is 7.87. The van der Waals surface area contributed by atoms with E-state index in [4.69, 9.17) is 0 Å². The number of carbonyl (C=O) groups is 2. The number of thioether (sulfide) groups is 1. The number of rotatable bonds is 4. The van der Waals surface area contributed by atoms with E-state index in [0.29, 0.717) is 5.69 Å². The lowest BCUT2D eigenvalue weighted by molar-refractivity contribution is -0.120. The lowest BCUT2D eigenvalue weighted by Gasteiger charge is -2.22. The summed E-state index contributed by atoms with van der Waals surface area (Å²) >= 11 is 1.91. The van der Waals surface area contributed by atoms with Crippen molar-refractivity contribution in [1.82, 2.24) is 20.4 Å². The zero-order valence-corrected chi connectivity index (χ0v) is 12.6. The maximum atomic E-state index is 11.9. The van der Waals surface area contributed by atoms with Crippen LogP contribution in [0.2, 0.25) is 0 Å². The Morgan fingerprint density at radius 3 is 2.75 bits per heavy atom. The second kappa shape index (κ2) is 6.78. The Kier molecular flexibility index (Phi) is 5.05. The molecule has 1 aromatic rings. The lowest BCUT2D eigenvalue weighted by atomic mass is 10.1. The number of amides is 2. The summed E-state index contributed by atoms with van der Waals surface area (Å²) in [5.41, 5.74) is 1.24. The largest absolute Gasteiger partial charge is 0.352 e. The van der Waals surface area contributed by atoms with Gasteiger partial charge in [0.1, 0.15) is 5.69 Å². The van der Waals surface area contributed by atoms with E-state index < -0.39 is 0 Å². The van der Waals surface area contributed by atoms with E-state index in [1.54, 1.807) is 13.1 Å². The molecule has 0 bridgehead atoms. The van der Waals surface area contributed by atoms with Crippen molar-refractivity contribution in [3.05, 3.63) is 17.5 Å². The van der Waals surface area contributed by atoms with E-state index in [1.807, 2.05) is 18.7 Å². The summed E-state index contributed by atoms with van der Waals surface area (Å²) in [6, 6.07) is 1.95. The van der Waals surface area contributed by atoms with Gasteiger partial charge in [-0.05, 0) is 37.3 Å². The van der Waals surface area contributed by atoms with E-state index >= 15 is 0 Å². The predicted octanol–water partition coefficient (Wildman–Crippen LogP) is 0.470. The Morgan fingerprint density at radius 2 is 2.15 bits per heavy atom. The Hall–Kier alpha value is -1.50. The van der Waals surface area contributed by atoms with Crippen LogP contribution >= 0.6 is 11.8 Å². The monoisotopic (exact) mass is 296 g/mol. The van der Waals surface area contributed by atoms with Gasteiger partial charge in [-0.1, -0.05) is 0 Å². The fourth-order valence-corrected chi connectivity index (χ4v) is 3.30. The normalized spacial score (nSPS) is 15.9. The van der Waals surface area contributed by atoms with Gasteiger partial charge in [-0.15, -0.1) is 0 Å². The molecule has 2 rings (SSSR count). The van der Waals surface area contributed by atoms with Crippen molar-refractivity contribution in [1.29, 1.82) is 0 Å². The van der Waals surface area contributed by atoms with Gasteiger partial charge in [0.2, 0.25) is 5.91 Å². The molecule has 0 aromatic carbocycles. The molecule has 0 atom stereocenters. The molecule has 20 heavy (non-hydrogen) atoms. The van der Waals surface area contributed by atoms with Crippen molar-refractivity contribution in [3.8, 4) is 0 Å².